The van der Waals surface area contributed by atoms with E-state index in [9.17, 15) is 9.59 Å². The maximum atomic E-state index is 12.5. The van der Waals surface area contributed by atoms with Gasteiger partial charge >= 0.3 is 0 Å². The van der Waals surface area contributed by atoms with Crippen LogP contribution in [-0.4, -0.2) is 31.7 Å². The van der Waals surface area contributed by atoms with Crippen molar-refractivity contribution in [1.29, 1.82) is 0 Å². The highest BCUT2D eigenvalue weighted by Crippen LogP contribution is 2.30. The molecule has 146 valence electrons. The molecular formula is C21H23N3O4. The molecular weight excluding hydrogens is 358 g/mol. The molecule has 1 fully saturated rings. The zero-order valence-corrected chi connectivity index (χ0v) is 15.9. The Kier molecular flexibility index (Phi) is 6.26. The van der Waals surface area contributed by atoms with E-state index < -0.39 is 5.91 Å². The Morgan fingerprint density at radius 2 is 1.96 bits per heavy atom. The summed E-state index contributed by atoms with van der Waals surface area (Å²) in [5.74, 6) is 0.839. The van der Waals surface area contributed by atoms with Crippen LogP contribution >= 0.6 is 0 Å². The quantitative estimate of drug-likeness (QED) is 0.543. The number of para-hydroxylation sites is 1. The first-order valence-electron chi connectivity index (χ1n) is 9.16. The van der Waals surface area contributed by atoms with Gasteiger partial charge in [0.05, 0.1) is 31.2 Å². The van der Waals surface area contributed by atoms with Crippen molar-refractivity contribution in [3.05, 3.63) is 53.6 Å². The van der Waals surface area contributed by atoms with Crippen LogP contribution in [0.2, 0.25) is 0 Å². The summed E-state index contributed by atoms with van der Waals surface area (Å²) in [6, 6.07) is 12.2. The van der Waals surface area contributed by atoms with Gasteiger partial charge in [-0.25, -0.2) is 5.43 Å². The fraction of sp³-hybridized carbons (Fsp3) is 0.286. The zero-order chi connectivity index (χ0) is 19.9. The summed E-state index contributed by atoms with van der Waals surface area (Å²) in [5.41, 5.74) is 4.08. The highest BCUT2D eigenvalue weighted by molar-refractivity contribution is 6.04. The Hall–Kier alpha value is -3.35. The molecule has 28 heavy (non-hydrogen) atoms. The average molecular weight is 381 g/mol. The normalized spacial score (nSPS) is 13.2. The van der Waals surface area contributed by atoms with E-state index in [1.807, 2.05) is 13.0 Å². The van der Waals surface area contributed by atoms with Gasteiger partial charge in [-0.15, -0.1) is 0 Å². The lowest BCUT2D eigenvalue weighted by atomic mass is 10.1. The summed E-state index contributed by atoms with van der Waals surface area (Å²) in [7, 11) is 1.56. The third-order valence-electron chi connectivity index (χ3n) is 4.24. The third-order valence-corrected chi connectivity index (χ3v) is 4.24. The molecule has 2 aromatic rings. The van der Waals surface area contributed by atoms with Crippen LogP contribution in [-0.2, 0) is 4.79 Å². The van der Waals surface area contributed by atoms with E-state index in [2.05, 4.69) is 15.8 Å². The minimum atomic E-state index is -0.402. The van der Waals surface area contributed by atoms with E-state index in [0.717, 1.165) is 18.4 Å². The second-order valence-corrected chi connectivity index (χ2v) is 6.35. The Bertz CT molecular complexity index is 891. The van der Waals surface area contributed by atoms with Crippen molar-refractivity contribution in [1.82, 2.24) is 5.43 Å². The van der Waals surface area contributed by atoms with Gasteiger partial charge in [0, 0.05) is 5.92 Å². The van der Waals surface area contributed by atoms with Crippen LogP contribution in [0.25, 0.3) is 0 Å². The van der Waals surface area contributed by atoms with Gasteiger partial charge < -0.3 is 14.8 Å². The molecule has 0 atom stereocenters. The van der Waals surface area contributed by atoms with Crippen molar-refractivity contribution < 1.29 is 19.1 Å². The van der Waals surface area contributed by atoms with Gasteiger partial charge in [0.1, 0.15) is 0 Å². The van der Waals surface area contributed by atoms with Gasteiger partial charge in [0.25, 0.3) is 5.91 Å². The highest BCUT2D eigenvalue weighted by atomic mass is 16.5. The molecule has 2 amide bonds. The molecule has 0 spiro atoms. The molecule has 0 radical (unpaired) electrons. The number of nitrogens with zero attached hydrogens (tertiary/aromatic N) is 1. The smallest absolute Gasteiger partial charge is 0.273 e. The largest absolute Gasteiger partial charge is 0.493 e. The first-order valence-corrected chi connectivity index (χ1v) is 9.16. The van der Waals surface area contributed by atoms with E-state index in [1.165, 1.54) is 6.21 Å². The SMILES string of the molecule is CCOc1ccc(/C=N/NC(=O)c2ccccc2NC(=O)C2CC2)cc1OC. The van der Waals surface area contributed by atoms with Gasteiger partial charge in [0.2, 0.25) is 5.91 Å². The predicted molar refractivity (Wildman–Crippen MR) is 107 cm³/mol. The van der Waals surface area contributed by atoms with Crippen LogP contribution in [0.15, 0.2) is 47.6 Å². The van der Waals surface area contributed by atoms with Crippen molar-refractivity contribution in [3.63, 3.8) is 0 Å². The maximum absolute atomic E-state index is 12.5. The first kappa shape index (κ1) is 19.4. The van der Waals surface area contributed by atoms with Crippen molar-refractivity contribution in [2.75, 3.05) is 19.0 Å². The average Bonchev–Trinajstić information content (AvgIpc) is 3.55. The van der Waals surface area contributed by atoms with Crippen molar-refractivity contribution in [3.8, 4) is 11.5 Å². The van der Waals surface area contributed by atoms with E-state index in [0.29, 0.717) is 29.4 Å². The summed E-state index contributed by atoms with van der Waals surface area (Å²) in [6.07, 6.45) is 3.31. The molecule has 0 heterocycles. The van der Waals surface area contributed by atoms with Gasteiger partial charge in [0.15, 0.2) is 11.5 Å². The lowest BCUT2D eigenvalue weighted by Gasteiger charge is -2.10. The fourth-order valence-corrected chi connectivity index (χ4v) is 2.64. The molecule has 7 heteroatoms. The number of hydrogen-bond acceptors (Lipinski definition) is 5. The summed E-state index contributed by atoms with van der Waals surface area (Å²) in [5, 5.41) is 6.82. The molecule has 3 rings (SSSR count). The van der Waals surface area contributed by atoms with Crippen LogP contribution in [0.1, 0.15) is 35.7 Å². The fourth-order valence-electron chi connectivity index (χ4n) is 2.64. The van der Waals surface area contributed by atoms with E-state index in [1.54, 1.807) is 43.5 Å². The number of hydrazone groups is 1. The van der Waals surface area contributed by atoms with Gasteiger partial charge in [-0.2, -0.15) is 5.10 Å². The van der Waals surface area contributed by atoms with Crippen LogP contribution in [0.5, 0.6) is 11.5 Å². The van der Waals surface area contributed by atoms with Crippen LogP contribution in [0, 0.1) is 5.92 Å². The maximum Gasteiger partial charge on any atom is 0.273 e. The van der Waals surface area contributed by atoms with Gasteiger partial charge in [-0.3, -0.25) is 9.59 Å². The zero-order valence-electron chi connectivity index (χ0n) is 15.9. The highest BCUT2D eigenvalue weighted by Gasteiger charge is 2.30. The summed E-state index contributed by atoms with van der Waals surface area (Å²) in [4.78, 5) is 24.5. The number of nitrogens with one attached hydrogen (secondary N) is 2. The first-order chi connectivity index (χ1) is 13.6. The minimum Gasteiger partial charge on any atom is -0.493 e. The Labute approximate surface area is 163 Å². The minimum absolute atomic E-state index is 0.0507. The number of rotatable bonds is 8. The monoisotopic (exact) mass is 381 g/mol. The summed E-state index contributed by atoms with van der Waals surface area (Å²) >= 11 is 0. The Morgan fingerprint density at radius 3 is 2.68 bits per heavy atom. The molecule has 7 nitrogen and oxygen atoms in total. The second-order valence-electron chi connectivity index (χ2n) is 6.35. The van der Waals surface area contributed by atoms with E-state index in [-0.39, 0.29) is 11.8 Å². The molecule has 0 bridgehead atoms. The summed E-state index contributed by atoms with van der Waals surface area (Å²) in [6.45, 7) is 2.44. The molecule has 2 N–H and O–H groups in total. The molecule has 1 aliphatic rings. The van der Waals surface area contributed by atoms with Gasteiger partial charge in [-0.05, 0) is 55.7 Å². The number of carbonyl (C=O) groups excluding carboxylic acids is 2. The lowest BCUT2D eigenvalue weighted by molar-refractivity contribution is -0.117. The number of hydrogen-bond donors (Lipinski definition) is 2. The Morgan fingerprint density at radius 1 is 1.18 bits per heavy atom. The van der Waals surface area contributed by atoms with Crippen LogP contribution in [0.3, 0.4) is 0 Å². The molecule has 1 saturated carbocycles. The Balaban J connectivity index is 1.66. The van der Waals surface area contributed by atoms with Crippen molar-refractivity contribution >= 4 is 23.7 Å². The predicted octanol–water partition coefficient (Wildman–Crippen LogP) is 3.21. The summed E-state index contributed by atoms with van der Waals surface area (Å²) < 4.78 is 10.8. The molecule has 0 saturated heterocycles. The topological polar surface area (TPSA) is 89.0 Å². The van der Waals surface area contributed by atoms with E-state index >= 15 is 0 Å². The molecule has 1 aliphatic carbocycles. The number of benzene rings is 2. The number of methoxy groups -OCH3 is 1. The molecule has 2 aromatic carbocycles. The van der Waals surface area contributed by atoms with Crippen molar-refractivity contribution in [2.45, 2.75) is 19.8 Å². The molecule has 0 unspecified atom stereocenters. The number of carbonyl (C=O) groups is 2. The van der Waals surface area contributed by atoms with Crippen LogP contribution in [0.4, 0.5) is 5.69 Å². The number of anilines is 1. The lowest BCUT2D eigenvalue weighted by Crippen LogP contribution is -2.21. The number of amides is 2. The second kappa shape index (κ2) is 9.03. The van der Waals surface area contributed by atoms with Gasteiger partial charge in [-0.1, -0.05) is 12.1 Å². The standard InChI is InChI=1S/C21H23N3O4/c1-3-28-18-11-8-14(12-19(18)27-2)13-22-24-21(26)16-6-4-5-7-17(16)23-20(25)15-9-10-15/h4-8,11-13,15H,3,9-10H2,1-2H3,(H,23,25)(H,24,26)/b22-13+. The molecule has 0 aromatic heterocycles. The number of ether oxygens (including phenoxy) is 2. The third kappa shape index (κ3) is 4.88. The van der Waals surface area contributed by atoms with E-state index in [4.69, 9.17) is 9.47 Å². The van der Waals surface area contributed by atoms with Crippen LogP contribution < -0.4 is 20.2 Å². The van der Waals surface area contributed by atoms with Crippen molar-refractivity contribution in [2.24, 2.45) is 11.0 Å². The molecule has 0 aliphatic heterocycles.